The number of allylic oxidation sites excluding steroid dienone is 1. The number of carbonyl (C=O) groups is 3. The molecular weight excluding hydrogens is 611 g/mol. The summed E-state index contributed by atoms with van der Waals surface area (Å²) in [5.41, 5.74) is 6.00. The number of nitrogen functional groups attached to an aromatic ring is 1. The fourth-order valence-corrected chi connectivity index (χ4v) is 6.38. The number of aliphatic carboxylic acids is 1. The van der Waals surface area contributed by atoms with E-state index in [0.717, 1.165) is 41.9 Å². The van der Waals surface area contributed by atoms with Gasteiger partial charge in [0, 0.05) is 17.2 Å². The van der Waals surface area contributed by atoms with Gasteiger partial charge >= 0.3 is 29.6 Å². The van der Waals surface area contributed by atoms with Gasteiger partial charge in [-0.3, -0.25) is 14.5 Å². The Hall–Kier alpha value is -2.17. The number of hydrogen-bond acceptors (Lipinski definition) is 12. The van der Waals surface area contributed by atoms with Crippen LogP contribution in [-0.2, 0) is 19.2 Å². The minimum absolute atomic E-state index is 0. The molecule has 4 heterocycles. The minimum atomic E-state index is -1.49. The summed E-state index contributed by atoms with van der Waals surface area (Å²) in [6.45, 7) is 0. The van der Waals surface area contributed by atoms with Crippen LogP contribution in [0.2, 0.25) is 0 Å². The number of halogens is 1. The summed E-state index contributed by atoms with van der Waals surface area (Å²) >= 11 is 5.63. The van der Waals surface area contributed by atoms with E-state index in [0.29, 0.717) is 15.9 Å². The van der Waals surface area contributed by atoms with Crippen molar-refractivity contribution in [2.75, 3.05) is 11.5 Å². The smallest absolute Gasteiger partial charge is 0.543 e. The number of hydrogen-bond donors (Lipinski definition) is 2. The molecule has 194 valence electrons. The number of carboxylic acid groups (broad SMARTS) is 1. The molecule has 3 aliphatic rings. The summed E-state index contributed by atoms with van der Waals surface area (Å²) in [5.74, 6) is -2.07. The van der Waals surface area contributed by atoms with E-state index in [-0.39, 0.29) is 63.6 Å². The van der Waals surface area contributed by atoms with Gasteiger partial charge in [0.25, 0.3) is 11.8 Å². The Morgan fingerprint density at radius 2 is 2.11 bits per heavy atom. The third-order valence-corrected chi connectivity index (χ3v) is 8.35. The molecule has 2 fully saturated rings. The van der Waals surface area contributed by atoms with Crippen LogP contribution in [0.1, 0.15) is 37.1 Å². The average Bonchev–Trinajstić information content (AvgIpc) is 3.64. The van der Waals surface area contributed by atoms with Gasteiger partial charge in [0.2, 0.25) is 0 Å². The summed E-state index contributed by atoms with van der Waals surface area (Å²) in [6.07, 6.45) is 6.74. The van der Waals surface area contributed by atoms with Crippen LogP contribution in [0.4, 0.5) is 5.13 Å². The number of β-lactam (4-membered cyclic amide) rings is 1. The maximum absolute atomic E-state index is 13.2. The van der Waals surface area contributed by atoms with Crippen molar-refractivity contribution in [1.29, 1.82) is 0 Å². The molecule has 0 aromatic carbocycles. The Morgan fingerprint density at radius 1 is 1.34 bits per heavy atom. The summed E-state index contributed by atoms with van der Waals surface area (Å²) in [7, 11) is 0. The average molecular weight is 631 g/mol. The third-order valence-electron chi connectivity index (χ3n) is 6.00. The van der Waals surface area contributed by atoms with Crippen LogP contribution in [0.3, 0.4) is 0 Å². The topological polar surface area (TPSA) is 176 Å². The monoisotopic (exact) mass is 630 g/mol. The number of rotatable bonds is 8. The summed E-state index contributed by atoms with van der Waals surface area (Å²) in [5, 5.41) is 23.6. The number of amides is 2. The predicted molar refractivity (Wildman–Crippen MR) is 137 cm³/mol. The molecule has 2 aromatic rings. The second-order valence-electron chi connectivity index (χ2n) is 8.43. The van der Waals surface area contributed by atoms with Crippen LogP contribution >= 0.6 is 39.0 Å². The van der Waals surface area contributed by atoms with E-state index < -0.39 is 29.2 Å². The Bertz CT molecular complexity index is 1340. The van der Waals surface area contributed by atoms with Crippen molar-refractivity contribution in [3.63, 3.8) is 0 Å². The number of thiazole rings is 1. The standard InChI is InChI=1S/C22H21BrN6O6S2.Na/c23-14-7-12(35-27-14)6-5-10-8-36-20-16(19(31)29(20)17(10)21(32)33)26-18(30)15(13-9-37-22(24)25-13)28-34-11-3-1-2-4-11;/h5-7,9,11,16,20H,1-4,8H2,(H2,24,25)(H,26,30)(H,32,33);/q;+1/p-1/b6-5-,28-15-;/t16-,20-;/m1./s1. The fraction of sp³-hybridized carbons (Fsp3) is 0.364. The zero-order chi connectivity index (χ0) is 26.1. The Labute approximate surface area is 255 Å². The molecule has 1 aliphatic carbocycles. The number of carboxylic acids is 1. The molecule has 1 saturated carbocycles. The molecule has 2 atom stereocenters. The van der Waals surface area contributed by atoms with Gasteiger partial charge in [-0.15, -0.1) is 23.1 Å². The first kappa shape index (κ1) is 28.8. The molecule has 12 nitrogen and oxygen atoms in total. The van der Waals surface area contributed by atoms with Crippen LogP contribution < -0.4 is 45.7 Å². The van der Waals surface area contributed by atoms with Gasteiger partial charge in [0.15, 0.2) is 16.6 Å². The zero-order valence-corrected chi connectivity index (χ0v) is 25.3. The third kappa shape index (κ3) is 6.02. The molecule has 0 spiro atoms. The maximum Gasteiger partial charge on any atom is 1.00 e. The van der Waals surface area contributed by atoms with E-state index in [2.05, 4.69) is 36.5 Å². The molecule has 0 unspecified atom stereocenters. The number of aromatic nitrogens is 2. The van der Waals surface area contributed by atoms with Gasteiger partial charge in [-0.1, -0.05) is 16.4 Å². The molecular formula is C22H20BrN6NaO6S2. The van der Waals surface area contributed by atoms with Gasteiger partial charge in [0.1, 0.15) is 27.8 Å². The van der Waals surface area contributed by atoms with Gasteiger partial charge in [-0.25, -0.2) is 4.98 Å². The molecule has 5 rings (SSSR count). The Morgan fingerprint density at radius 3 is 2.74 bits per heavy atom. The van der Waals surface area contributed by atoms with Gasteiger partial charge in [-0.05, 0) is 53.3 Å². The molecule has 2 aliphatic heterocycles. The normalized spacial score (nSPS) is 21.8. The van der Waals surface area contributed by atoms with Crippen molar-refractivity contribution >= 4 is 73.7 Å². The first-order chi connectivity index (χ1) is 17.8. The second-order valence-corrected chi connectivity index (χ2v) is 11.2. The number of nitrogens with zero attached hydrogens (tertiary/aromatic N) is 4. The number of nitrogens with one attached hydrogen (secondary N) is 1. The van der Waals surface area contributed by atoms with Crippen molar-refractivity contribution in [1.82, 2.24) is 20.4 Å². The number of thioether (sulfide) groups is 1. The molecule has 38 heavy (non-hydrogen) atoms. The number of nitrogens with two attached hydrogens (primary N) is 1. The van der Waals surface area contributed by atoms with Crippen LogP contribution in [-0.4, -0.2) is 61.8 Å². The Balaban J connectivity index is 0.00000336. The maximum atomic E-state index is 13.2. The zero-order valence-electron chi connectivity index (χ0n) is 20.1. The number of oxime groups is 1. The van der Waals surface area contributed by atoms with Crippen LogP contribution in [0.15, 0.2) is 43.1 Å². The molecule has 16 heteroatoms. The SMILES string of the molecule is Nc1nc(/C(=N/OC2CCCC2)C(=O)N[C@@H]2C(=O)N3C(C(=O)[O-])=C(/C=C\c4cc(Br)no4)CS[C@H]23)cs1.[Na+]. The number of anilines is 1. The molecule has 1 saturated heterocycles. The van der Waals surface area contributed by atoms with Crippen molar-refractivity contribution < 1.29 is 58.4 Å². The summed E-state index contributed by atoms with van der Waals surface area (Å²) in [4.78, 5) is 49.0. The molecule has 2 amide bonds. The number of fused-ring (bicyclic) bond motifs is 1. The van der Waals surface area contributed by atoms with Crippen molar-refractivity contribution in [2.45, 2.75) is 43.2 Å². The van der Waals surface area contributed by atoms with Crippen molar-refractivity contribution in [3.8, 4) is 0 Å². The minimum Gasteiger partial charge on any atom is -0.543 e. The largest absolute Gasteiger partial charge is 1.00 e. The number of carbonyl (C=O) groups excluding carboxylic acids is 3. The van der Waals surface area contributed by atoms with Gasteiger partial charge < -0.3 is 30.3 Å². The Kier molecular flexibility index (Phi) is 9.36. The van der Waals surface area contributed by atoms with E-state index in [1.54, 1.807) is 17.5 Å². The van der Waals surface area contributed by atoms with E-state index in [1.165, 1.54) is 17.8 Å². The quantitative estimate of drug-likeness (QED) is 0.147. The first-order valence-corrected chi connectivity index (χ1v) is 14.0. The van der Waals surface area contributed by atoms with Crippen molar-refractivity contribution in [2.24, 2.45) is 5.16 Å². The van der Waals surface area contributed by atoms with Gasteiger partial charge in [0.05, 0.1) is 11.7 Å². The van der Waals surface area contributed by atoms with Crippen molar-refractivity contribution in [3.05, 3.63) is 44.8 Å². The first-order valence-electron chi connectivity index (χ1n) is 11.3. The van der Waals surface area contributed by atoms with Gasteiger partial charge in [-0.2, -0.15) is 0 Å². The second kappa shape index (κ2) is 12.3. The molecule has 3 N–H and O–H groups in total. The van der Waals surface area contributed by atoms with E-state index >= 15 is 0 Å². The van der Waals surface area contributed by atoms with E-state index in [1.807, 2.05) is 0 Å². The molecule has 0 bridgehead atoms. The predicted octanol–water partition coefficient (Wildman–Crippen LogP) is -1.74. The van der Waals surface area contributed by atoms with E-state index in [9.17, 15) is 19.5 Å². The summed E-state index contributed by atoms with van der Waals surface area (Å²) < 4.78 is 5.56. The fourth-order valence-electron chi connectivity index (χ4n) is 4.22. The van der Waals surface area contributed by atoms with E-state index in [4.69, 9.17) is 15.1 Å². The van der Waals surface area contributed by atoms with Crippen LogP contribution in [0.5, 0.6) is 0 Å². The summed E-state index contributed by atoms with van der Waals surface area (Å²) in [6, 6.07) is 0.649. The van der Waals surface area contributed by atoms with Crippen LogP contribution in [0.25, 0.3) is 6.08 Å². The molecule has 2 aromatic heterocycles. The van der Waals surface area contributed by atoms with Crippen LogP contribution in [0, 0.1) is 0 Å². The molecule has 0 radical (unpaired) electrons.